The van der Waals surface area contributed by atoms with E-state index >= 15 is 0 Å². The molecule has 0 unspecified atom stereocenters. The maximum absolute atomic E-state index is 4.71. The van der Waals surface area contributed by atoms with Crippen molar-refractivity contribution >= 4 is 0 Å². The Morgan fingerprint density at radius 1 is 1.06 bits per heavy atom. The minimum absolute atomic E-state index is 0.406. The van der Waals surface area contributed by atoms with Crippen LogP contribution < -0.4 is 5.32 Å². The van der Waals surface area contributed by atoms with Gasteiger partial charge in [-0.2, -0.15) is 0 Å². The Labute approximate surface area is 105 Å². The second kappa shape index (κ2) is 6.70. The highest BCUT2D eigenvalue weighted by Gasteiger charge is 2.13. The second-order valence-corrected chi connectivity index (χ2v) is 4.67. The summed E-state index contributed by atoms with van der Waals surface area (Å²) in [5.41, 5.74) is 3.82. The molecule has 3 heteroatoms. The lowest BCUT2D eigenvalue weighted by atomic mass is 10.0. The highest BCUT2D eigenvalue weighted by molar-refractivity contribution is 5.27. The van der Waals surface area contributed by atoms with Crippen molar-refractivity contribution in [1.82, 2.24) is 15.3 Å². The third kappa shape index (κ3) is 3.50. The molecule has 1 aromatic rings. The Morgan fingerprint density at radius 3 is 1.94 bits per heavy atom. The Hall–Kier alpha value is -0.960. The van der Waals surface area contributed by atoms with Gasteiger partial charge in [-0.05, 0) is 38.4 Å². The number of likely N-dealkylation sites (N-methyl/N-ethyl adjacent to an activating group) is 1. The fraction of sp³-hybridized carbons (Fsp3) is 0.714. The third-order valence-electron chi connectivity index (χ3n) is 3.01. The summed E-state index contributed by atoms with van der Waals surface area (Å²) in [5, 5.41) is 3.20. The summed E-state index contributed by atoms with van der Waals surface area (Å²) in [4.78, 5) is 9.43. The van der Waals surface area contributed by atoms with Crippen LogP contribution in [0.15, 0.2) is 0 Å². The molecular weight excluding hydrogens is 210 g/mol. The van der Waals surface area contributed by atoms with Gasteiger partial charge in [0.15, 0.2) is 0 Å². The molecule has 0 aliphatic heterocycles. The molecule has 0 spiro atoms. The van der Waals surface area contributed by atoms with Gasteiger partial charge in [-0.1, -0.05) is 27.7 Å². The molecular formula is C14H25N3. The summed E-state index contributed by atoms with van der Waals surface area (Å²) in [5.74, 6) is 1.40. The van der Waals surface area contributed by atoms with Crippen molar-refractivity contribution in [2.24, 2.45) is 0 Å². The standard InChI is InChI=1S/C14H25N3/c1-6-12-11(8-9-15-5)13(7-2)17-14(16-12)10(3)4/h10,15H,6-9H2,1-5H3. The highest BCUT2D eigenvalue weighted by Crippen LogP contribution is 2.18. The van der Waals surface area contributed by atoms with Crippen molar-refractivity contribution in [3.8, 4) is 0 Å². The SMILES string of the molecule is CCc1nc(C(C)C)nc(CC)c1CCNC. The van der Waals surface area contributed by atoms with Gasteiger partial charge in [-0.3, -0.25) is 0 Å². The lowest BCUT2D eigenvalue weighted by Gasteiger charge is -2.15. The topological polar surface area (TPSA) is 37.8 Å². The number of hydrogen-bond acceptors (Lipinski definition) is 3. The van der Waals surface area contributed by atoms with Crippen LogP contribution in [0, 0.1) is 0 Å². The summed E-state index contributed by atoms with van der Waals surface area (Å²) in [6, 6.07) is 0. The average molecular weight is 235 g/mol. The van der Waals surface area contributed by atoms with Gasteiger partial charge in [-0.15, -0.1) is 0 Å². The van der Waals surface area contributed by atoms with Crippen molar-refractivity contribution in [1.29, 1.82) is 0 Å². The number of nitrogens with zero attached hydrogens (tertiary/aromatic N) is 2. The first-order valence-corrected chi connectivity index (χ1v) is 6.67. The van der Waals surface area contributed by atoms with Crippen LogP contribution in [0.4, 0.5) is 0 Å². The molecule has 0 aromatic carbocycles. The van der Waals surface area contributed by atoms with E-state index in [9.17, 15) is 0 Å². The van der Waals surface area contributed by atoms with Crippen molar-refractivity contribution in [2.45, 2.75) is 52.9 Å². The number of aryl methyl sites for hydroxylation is 2. The van der Waals surface area contributed by atoms with E-state index < -0.39 is 0 Å². The summed E-state index contributed by atoms with van der Waals surface area (Å²) in [6.07, 6.45) is 3.02. The fourth-order valence-corrected chi connectivity index (χ4v) is 1.98. The molecule has 0 saturated heterocycles. The Bertz CT molecular complexity index is 333. The Balaban J connectivity index is 3.16. The van der Waals surface area contributed by atoms with Gasteiger partial charge in [0.1, 0.15) is 5.82 Å². The quantitative estimate of drug-likeness (QED) is 0.823. The second-order valence-electron chi connectivity index (χ2n) is 4.67. The monoisotopic (exact) mass is 235 g/mol. The van der Waals surface area contributed by atoms with Gasteiger partial charge < -0.3 is 5.32 Å². The first kappa shape index (κ1) is 14.1. The molecule has 0 aliphatic rings. The summed E-state index contributed by atoms with van der Waals surface area (Å²) < 4.78 is 0. The van der Waals surface area contributed by atoms with Crippen LogP contribution in [0.3, 0.4) is 0 Å². The number of rotatable bonds is 6. The molecule has 0 bridgehead atoms. The first-order valence-electron chi connectivity index (χ1n) is 6.67. The zero-order chi connectivity index (χ0) is 12.8. The Morgan fingerprint density at radius 2 is 1.59 bits per heavy atom. The predicted octanol–water partition coefficient (Wildman–Crippen LogP) is 2.49. The molecule has 1 N–H and O–H groups in total. The third-order valence-corrected chi connectivity index (χ3v) is 3.01. The summed E-state index contributed by atoms with van der Waals surface area (Å²) >= 11 is 0. The lowest BCUT2D eigenvalue weighted by molar-refractivity contribution is 0.710. The van der Waals surface area contributed by atoms with E-state index in [-0.39, 0.29) is 0 Å². The first-order chi connectivity index (χ1) is 8.13. The molecule has 1 aromatic heterocycles. The van der Waals surface area contributed by atoms with E-state index in [0.29, 0.717) is 5.92 Å². The lowest BCUT2D eigenvalue weighted by Crippen LogP contribution is -2.16. The zero-order valence-electron chi connectivity index (χ0n) is 11.8. The zero-order valence-corrected chi connectivity index (χ0v) is 11.8. The molecule has 3 nitrogen and oxygen atoms in total. The number of aromatic nitrogens is 2. The van der Waals surface area contributed by atoms with Crippen LogP contribution in [0.2, 0.25) is 0 Å². The maximum Gasteiger partial charge on any atom is 0.131 e. The van der Waals surface area contributed by atoms with Crippen LogP contribution in [0.5, 0.6) is 0 Å². The molecule has 0 saturated carbocycles. The van der Waals surface area contributed by atoms with Crippen molar-refractivity contribution in [3.63, 3.8) is 0 Å². The minimum Gasteiger partial charge on any atom is -0.319 e. The average Bonchev–Trinajstić information content (AvgIpc) is 2.34. The Kier molecular flexibility index (Phi) is 5.56. The molecule has 0 fully saturated rings. The van der Waals surface area contributed by atoms with Crippen LogP contribution in [0.1, 0.15) is 56.4 Å². The molecule has 0 radical (unpaired) electrons. The van der Waals surface area contributed by atoms with Crippen LogP contribution >= 0.6 is 0 Å². The molecule has 1 heterocycles. The fourth-order valence-electron chi connectivity index (χ4n) is 1.98. The predicted molar refractivity (Wildman–Crippen MR) is 72.5 cm³/mol. The normalized spacial score (nSPS) is 11.2. The van der Waals surface area contributed by atoms with Gasteiger partial charge in [0.25, 0.3) is 0 Å². The maximum atomic E-state index is 4.71. The van der Waals surface area contributed by atoms with E-state index in [1.54, 1.807) is 0 Å². The van der Waals surface area contributed by atoms with Gasteiger partial charge in [-0.25, -0.2) is 9.97 Å². The van der Waals surface area contributed by atoms with Gasteiger partial charge >= 0.3 is 0 Å². The molecule has 96 valence electrons. The smallest absolute Gasteiger partial charge is 0.131 e. The largest absolute Gasteiger partial charge is 0.319 e. The van der Waals surface area contributed by atoms with Crippen LogP contribution in [-0.4, -0.2) is 23.6 Å². The molecule has 1 rings (SSSR count). The highest BCUT2D eigenvalue weighted by atomic mass is 14.9. The molecule has 0 atom stereocenters. The van der Waals surface area contributed by atoms with Crippen LogP contribution in [0.25, 0.3) is 0 Å². The van der Waals surface area contributed by atoms with Crippen molar-refractivity contribution in [3.05, 3.63) is 22.8 Å². The van der Waals surface area contributed by atoms with Gasteiger partial charge in [0.05, 0.1) is 0 Å². The van der Waals surface area contributed by atoms with E-state index in [1.807, 2.05) is 7.05 Å². The van der Waals surface area contributed by atoms with Crippen molar-refractivity contribution in [2.75, 3.05) is 13.6 Å². The summed E-state index contributed by atoms with van der Waals surface area (Å²) in [6.45, 7) is 9.65. The van der Waals surface area contributed by atoms with Crippen molar-refractivity contribution < 1.29 is 0 Å². The van der Waals surface area contributed by atoms with Crippen LogP contribution in [-0.2, 0) is 19.3 Å². The minimum atomic E-state index is 0.406. The van der Waals surface area contributed by atoms with Gasteiger partial charge in [0, 0.05) is 17.3 Å². The van der Waals surface area contributed by atoms with E-state index in [1.165, 1.54) is 17.0 Å². The van der Waals surface area contributed by atoms with E-state index in [4.69, 9.17) is 9.97 Å². The summed E-state index contributed by atoms with van der Waals surface area (Å²) in [7, 11) is 1.99. The number of nitrogens with one attached hydrogen (secondary N) is 1. The molecule has 0 amide bonds. The van der Waals surface area contributed by atoms with E-state index in [0.717, 1.165) is 31.6 Å². The molecule has 0 aliphatic carbocycles. The van der Waals surface area contributed by atoms with Gasteiger partial charge in [0.2, 0.25) is 0 Å². The molecule has 17 heavy (non-hydrogen) atoms. The number of hydrogen-bond donors (Lipinski definition) is 1. The van der Waals surface area contributed by atoms with E-state index in [2.05, 4.69) is 33.0 Å².